The van der Waals surface area contributed by atoms with E-state index in [0.717, 1.165) is 11.8 Å². The Morgan fingerprint density at radius 1 is 1.35 bits per heavy atom. The van der Waals surface area contributed by atoms with Crippen LogP contribution in [0.2, 0.25) is 0 Å². The van der Waals surface area contributed by atoms with Crippen molar-refractivity contribution in [3.8, 4) is 0 Å². The molecule has 0 spiro atoms. The number of carbonyl (C=O) groups excluding carboxylic acids is 2. The molecule has 1 saturated carbocycles. The summed E-state index contributed by atoms with van der Waals surface area (Å²) in [6, 6.07) is 5.19. The minimum atomic E-state index is -4.47. The topological polar surface area (TPSA) is 68.3 Å². The highest BCUT2D eigenvalue weighted by molar-refractivity contribution is 7.13. The predicted octanol–water partition coefficient (Wildman–Crippen LogP) is 3.76. The number of nitrogens with zero attached hydrogens (tertiary/aromatic N) is 1. The highest BCUT2D eigenvalue weighted by Crippen LogP contribution is 2.51. The van der Waals surface area contributed by atoms with Gasteiger partial charge in [0.15, 0.2) is 11.7 Å². The minimum absolute atomic E-state index is 0.0877. The number of benzene rings is 1. The predicted molar refractivity (Wildman–Crippen MR) is 88.7 cm³/mol. The molecule has 2 unspecified atom stereocenters. The third-order valence-corrected chi connectivity index (χ3v) is 4.85. The summed E-state index contributed by atoms with van der Waals surface area (Å²) in [5, 5.41) is 4.65. The lowest BCUT2D eigenvalue weighted by atomic mass is 10.0. The van der Waals surface area contributed by atoms with Gasteiger partial charge in [0.1, 0.15) is 0 Å². The number of hydrogen-bond acceptors (Lipinski definition) is 5. The van der Waals surface area contributed by atoms with Crippen molar-refractivity contribution in [1.82, 2.24) is 4.98 Å². The molecule has 0 saturated heterocycles. The summed E-state index contributed by atoms with van der Waals surface area (Å²) in [5.41, 5.74) is 0.105. The summed E-state index contributed by atoms with van der Waals surface area (Å²) in [6.45, 7) is 1.28. The van der Waals surface area contributed by atoms with Gasteiger partial charge in [0, 0.05) is 5.38 Å². The summed E-state index contributed by atoms with van der Waals surface area (Å²) in [7, 11) is 0. The molecular weight excluding hydrogens is 369 g/mol. The Bertz CT molecular complexity index is 835. The van der Waals surface area contributed by atoms with Crippen LogP contribution in [0.25, 0.3) is 0 Å². The Labute approximate surface area is 151 Å². The van der Waals surface area contributed by atoms with Crippen molar-refractivity contribution in [2.75, 3.05) is 11.9 Å². The first-order chi connectivity index (χ1) is 12.3. The maximum atomic E-state index is 13.1. The number of aromatic nitrogens is 1. The fraction of sp³-hybridized carbons (Fsp3) is 0.353. The average Bonchev–Trinajstić information content (AvgIpc) is 3.28. The monoisotopic (exact) mass is 384 g/mol. The normalized spacial score (nSPS) is 19.1. The van der Waals surface area contributed by atoms with E-state index in [1.807, 2.05) is 0 Å². The molecule has 1 fully saturated rings. The van der Waals surface area contributed by atoms with Gasteiger partial charge in [-0.2, -0.15) is 13.2 Å². The second-order valence-corrected chi connectivity index (χ2v) is 6.84. The highest BCUT2D eigenvalue weighted by Gasteiger charge is 2.48. The van der Waals surface area contributed by atoms with Crippen LogP contribution < -0.4 is 5.32 Å². The molecule has 1 aromatic carbocycles. The highest BCUT2D eigenvalue weighted by atomic mass is 32.1. The van der Waals surface area contributed by atoms with Gasteiger partial charge in [0.05, 0.1) is 17.2 Å². The number of amides is 1. The zero-order chi connectivity index (χ0) is 18.9. The Hall–Kier alpha value is -2.42. The molecule has 9 heteroatoms. The molecule has 138 valence electrons. The molecule has 3 rings (SSSR count). The molecule has 0 bridgehead atoms. The third-order valence-electron chi connectivity index (χ3n) is 3.97. The quantitative estimate of drug-likeness (QED) is 0.797. The molecule has 1 N–H and O–H groups in total. The van der Waals surface area contributed by atoms with Crippen LogP contribution in [-0.2, 0) is 20.5 Å². The average molecular weight is 384 g/mol. The lowest BCUT2D eigenvalue weighted by Crippen LogP contribution is -2.21. The van der Waals surface area contributed by atoms with Crippen LogP contribution >= 0.6 is 11.3 Å². The van der Waals surface area contributed by atoms with Crippen molar-refractivity contribution in [2.24, 2.45) is 5.92 Å². The lowest BCUT2D eigenvalue weighted by molar-refractivity contribution is -0.149. The van der Waals surface area contributed by atoms with Gasteiger partial charge in [-0.05, 0) is 30.9 Å². The van der Waals surface area contributed by atoms with Crippen molar-refractivity contribution in [3.05, 3.63) is 46.5 Å². The molecule has 1 aliphatic rings. The van der Waals surface area contributed by atoms with Gasteiger partial charge in [-0.25, -0.2) is 4.98 Å². The molecule has 1 amide bonds. The summed E-state index contributed by atoms with van der Waals surface area (Å²) in [4.78, 5) is 27.8. The number of nitrogens with one attached hydrogen (secondary N) is 1. The van der Waals surface area contributed by atoms with E-state index in [9.17, 15) is 22.8 Å². The van der Waals surface area contributed by atoms with Crippen molar-refractivity contribution in [2.45, 2.75) is 25.4 Å². The second kappa shape index (κ2) is 7.06. The first-order valence-electron chi connectivity index (χ1n) is 7.80. The summed E-state index contributed by atoms with van der Waals surface area (Å²) < 4.78 is 44.1. The Morgan fingerprint density at radius 3 is 2.73 bits per heavy atom. The zero-order valence-corrected chi connectivity index (χ0v) is 14.5. The van der Waals surface area contributed by atoms with E-state index in [1.165, 1.54) is 29.5 Å². The molecule has 26 heavy (non-hydrogen) atoms. The van der Waals surface area contributed by atoms with Crippen molar-refractivity contribution in [1.29, 1.82) is 0 Å². The molecule has 5 nitrogen and oxygen atoms in total. The fourth-order valence-electron chi connectivity index (χ4n) is 2.69. The third kappa shape index (κ3) is 4.21. The van der Waals surface area contributed by atoms with Gasteiger partial charge >= 0.3 is 12.1 Å². The molecule has 0 radical (unpaired) electrons. The number of rotatable bonds is 5. The standard InChI is InChI=1S/C17H15F3N2O3S/c1-9-8-26-16(21-9)22-14(23)7-25-15(24)12-6-11(12)10-4-2-3-5-13(10)17(18,19)20/h2-5,8,11-12H,6-7H2,1H3,(H,21,22,23). The van der Waals surface area contributed by atoms with Crippen LogP contribution in [-0.4, -0.2) is 23.5 Å². The molecule has 2 atom stereocenters. The summed E-state index contributed by atoms with van der Waals surface area (Å²) in [6.07, 6.45) is -4.20. The van der Waals surface area contributed by atoms with Crippen molar-refractivity contribution in [3.63, 3.8) is 0 Å². The zero-order valence-electron chi connectivity index (χ0n) is 13.7. The fourth-order valence-corrected chi connectivity index (χ4v) is 3.39. The van der Waals surface area contributed by atoms with E-state index in [1.54, 1.807) is 12.3 Å². The molecular formula is C17H15F3N2O3S. The molecule has 1 aromatic heterocycles. The smallest absolute Gasteiger partial charge is 0.416 e. The van der Waals surface area contributed by atoms with Gasteiger partial charge in [-0.3, -0.25) is 14.9 Å². The van der Waals surface area contributed by atoms with Gasteiger partial charge < -0.3 is 4.74 Å². The number of aryl methyl sites for hydroxylation is 1. The first kappa shape index (κ1) is 18.4. The molecule has 2 aromatic rings. The number of carbonyl (C=O) groups is 2. The lowest BCUT2D eigenvalue weighted by Gasteiger charge is -2.12. The second-order valence-electron chi connectivity index (χ2n) is 5.98. The van der Waals surface area contributed by atoms with Gasteiger partial charge in [0.25, 0.3) is 5.91 Å². The number of esters is 1. The molecule has 1 aliphatic carbocycles. The van der Waals surface area contributed by atoms with Crippen LogP contribution in [0.4, 0.5) is 18.3 Å². The number of hydrogen-bond donors (Lipinski definition) is 1. The van der Waals surface area contributed by atoms with E-state index >= 15 is 0 Å². The Balaban J connectivity index is 1.54. The van der Waals surface area contributed by atoms with E-state index in [4.69, 9.17) is 4.74 Å². The van der Waals surface area contributed by atoms with Crippen LogP contribution in [0.5, 0.6) is 0 Å². The number of ether oxygens (including phenoxy) is 1. The minimum Gasteiger partial charge on any atom is -0.455 e. The van der Waals surface area contributed by atoms with E-state index < -0.39 is 42.1 Å². The van der Waals surface area contributed by atoms with Crippen LogP contribution in [0, 0.1) is 12.8 Å². The number of anilines is 1. The van der Waals surface area contributed by atoms with Gasteiger partial charge in [0.2, 0.25) is 0 Å². The van der Waals surface area contributed by atoms with Crippen LogP contribution in [0.3, 0.4) is 0 Å². The number of alkyl halides is 3. The van der Waals surface area contributed by atoms with Crippen LogP contribution in [0.15, 0.2) is 29.6 Å². The maximum absolute atomic E-state index is 13.1. The van der Waals surface area contributed by atoms with E-state index in [2.05, 4.69) is 10.3 Å². The SMILES string of the molecule is Cc1csc(NC(=O)COC(=O)C2CC2c2ccccc2C(F)(F)F)n1. The van der Waals surface area contributed by atoms with Crippen molar-refractivity contribution < 1.29 is 27.5 Å². The number of halogens is 3. The van der Waals surface area contributed by atoms with Gasteiger partial charge in [-0.15, -0.1) is 11.3 Å². The van der Waals surface area contributed by atoms with Gasteiger partial charge in [-0.1, -0.05) is 18.2 Å². The summed E-state index contributed by atoms with van der Waals surface area (Å²) in [5.74, 6) is -2.41. The first-order valence-corrected chi connectivity index (χ1v) is 8.68. The summed E-state index contributed by atoms with van der Waals surface area (Å²) >= 11 is 1.24. The van der Waals surface area contributed by atoms with E-state index in [0.29, 0.717) is 5.13 Å². The van der Waals surface area contributed by atoms with Crippen LogP contribution in [0.1, 0.15) is 29.2 Å². The Kier molecular flexibility index (Phi) is 4.99. The Morgan fingerprint density at radius 2 is 2.08 bits per heavy atom. The largest absolute Gasteiger partial charge is 0.455 e. The molecule has 1 heterocycles. The van der Waals surface area contributed by atoms with E-state index in [-0.39, 0.29) is 12.0 Å². The maximum Gasteiger partial charge on any atom is 0.416 e. The molecule has 0 aliphatic heterocycles. The number of thiazole rings is 1. The van der Waals surface area contributed by atoms with Crippen molar-refractivity contribution >= 4 is 28.3 Å².